The maximum Gasteiger partial charge on any atom is 0.258 e. The molecule has 0 N–H and O–H groups in total. The minimum absolute atomic E-state index is 0.102. The maximum absolute atomic E-state index is 12.8. The quantitative estimate of drug-likeness (QED) is 0.496. The van der Waals surface area contributed by atoms with Crippen LogP contribution in [0.25, 0.3) is 11.8 Å². The minimum Gasteiger partial charge on any atom is -0.487 e. The van der Waals surface area contributed by atoms with Crippen LogP contribution in [0.15, 0.2) is 59.7 Å². The van der Waals surface area contributed by atoms with Crippen LogP contribution in [0.4, 0.5) is 0 Å². The van der Waals surface area contributed by atoms with Gasteiger partial charge in [-0.1, -0.05) is 29.8 Å². The molecule has 176 valence electrons. The number of methoxy groups -OCH3 is 1. The molecule has 0 radical (unpaired) electrons. The molecule has 6 nitrogen and oxygen atoms in total. The molecular formula is C27H28ClN3O3. The Bertz CT molecular complexity index is 1250. The average Bonchev–Trinajstić information content (AvgIpc) is 3.31. The summed E-state index contributed by atoms with van der Waals surface area (Å²) in [7, 11) is 1.79. The second-order valence-corrected chi connectivity index (χ2v) is 9.31. The third-order valence-electron chi connectivity index (χ3n) is 6.52. The number of allylic oxidation sites excluding steroid dienone is 1. The van der Waals surface area contributed by atoms with E-state index in [2.05, 4.69) is 34.2 Å². The molecule has 1 saturated heterocycles. The first-order valence-corrected chi connectivity index (χ1v) is 12.0. The number of aryl methyl sites for hydroxylation is 1. The van der Waals surface area contributed by atoms with Crippen molar-refractivity contribution in [2.24, 2.45) is 0 Å². The van der Waals surface area contributed by atoms with Gasteiger partial charge in [-0.3, -0.25) is 19.2 Å². The van der Waals surface area contributed by atoms with Gasteiger partial charge < -0.3 is 9.47 Å². The van der Waals surface area contributed by atoms with Crippen LogP contribution in [-0.4, -0.2) is 40.8 Å². The summed E-state index contributed by atoms with van der Waals surface area (Å²) in [5, 5.41) is 0.580. The normalized spacial score (nSPS) is 17.9. The molecule has 2 aliphatic rings. The van der Waals surface area contributed by atoms with E-state index in [0.29, 0.717) is 16.9 Å². The molecule has 0 spiro atoms. The van der Waals surface area contributed by atoms with Gasteiger partial charge in [-0.2, -0.15) is 0 Å². The van der Waals surface area contributed by atoms with Gasteiger partial charge in [0.2, 0.25) is 0 Å². The highest BCUT2D eigenvalue weighted by Crippen LogP contribution is 2.28. The topological polar surface area (TPSA) is 56.6 Å². The first kappa shape index (κ1) is 22.8. The van der Waals surface area contributed by atoms with Gasteiger partial charge in [0, 0.05) is 50.9 Å². The number of benzene rings is 1. The highest BCUT2D eigenvalue weighted by atomic mass is 35.5. The zero-order valence-corrected chi connectivity index (χ0v) is 20.0. The summed E-state index contributed by atoms with van der Waals surface area (Å²) in [5.74, 6) is 0.525. The number of pyridine rings is 2. The minimum atomic E-state index is -0.102. The van der Waals surface area contributed by atoms with Crippen molar-refractivity contribution in [1.29, 1.82) is 0 Å². The number of hydrogen-bond acceptors (Lipinski definition) is 5. The number of aromatic nitrogens is 2. The lowest BCUT2D eigenvalue weighted by molar-refractivity contribution is 0.107. The zero-order chi connectivity index (χ0) is 23.5. The van der Waals surface area contributed by atoms with Crippen molar-refractivity contribution in [3.05, 3.63) is 92.6 Å². The monoisotopic (exact) mass is 477 g/mol. The summed E-state index contributed by atoms with van der Waals surface area (Å²) in [4.78, 5) is 19.5. The Morgan fingerprint density at radius 2 is 2.06 bits per heavy atom. The lowest BCUT2D eigenvalue weighted by atomic mass is 9.93. The van der Waals surface area contributed by atoms with Crippen LogP contribution in [-0.2, 0) is 24.3 Å². The van der Waals surface area contributed by atoms with E-state index in [9.17, 15) is 4.79 Å². The molecule has 2 aromatic heterocycles. The second-order valence-electron chi connectivity index (χ2n) is 8.88. The summed E-state index contributed by atoms with van der Waals surface area (Å²) in [6.07, 6.45) is 8.69. The third kappa shape index (κ3) is 5.25. The number of nitrogens with zero attached hydrogens (tertiary/aromatic N) is 3. The Morgan fingerprint density at radius 1 is 1.15 bits per heavy atom. The van der Waals surface area contributed by atoms with Crippen LogP contribution in [0.3, 0.4) is 0 Å². The van der Waals surface area contributed by atoms with Crippen LogP contribution >= 0.6 is 11.6 Å². The smallest absolute Gasteiger partial charge is 0.258 e. The molecular weight excluding hydrogens is 450 g/mol. The van der Waals surface area contributed by atoms with Crippen LogP contribution in [0.5, 0.6) is 5.75 Å². The predicted molar refractivity (Wildman–Crippen MR) is 134 cm³/mol. The number of likely N-dealkylation sites (tertiary alicyclic amines) is 1. The molecule has 34 heavy (non-hydrogen) atoms. The second kappa shape index (κ2) is 10.1. The van der Waals surface area contributed by atoms with Crippen LogP contribution in [0.2, 0.25) is 5.02 Å². The number of fused-ring (bicyclic) bond motifs is 1. The number of ether oxygens (including phenoxy) is 2. The Morgan fingerprint density at radius 3 is 2.82 bits per heavy atom. The molecule has 0 saturated carbocycles. The van der Waals surface area contributed by atoms with Crippen molar-refractivity contribution < 1.29 is 9.47 Å². The fraction of sp³-hybridized carbons (Fsp3) is 0.333. The molecule has 5 rings (SSSR count). The molecule has 1 atom stereocenters. The summed E-state index contributed by atoms with van der Waals surface area (Å²) in [5.41, 5.74) is 5.51. The van der Waals surface area contributed by atoms with Crippen molar-refractivity contribution in [2.75, 3.05) is 20.2 Å². The molecule has 1 fully saturated rings. The lowest BCUT2D eigenvalue weighted by Crippen LogP contribution is -2.22. The van der Waals surface area contributed by atoms with E-state index < -0.39 is 0 Å². The Balaban J connectivity index is 1.26. The van der Waals surface area contributed by atoms with Crippen molar-refractivity contribution in [3.63, 3.8) is 0 Å². The van der Waals surface area contributed by atoms with Gasteiger partial charge in [-0.25, -0.2) is 0 Å². The Kier molecular flexibility index (Phi) is 6.81. The van der Waals surface area contributed by atoms with Crippen molar-refractivity contribution in [3.8, 4) is 5.75 Å². The Labute approximate surface area is 204 Å². The van der Waals surface area contributed by atoms with Gasteiger partial charge in [-0.15, -0.1) is 0 Å². The summed E-state index contributed by atoms with van der Waals surface area (Å²) >= 11 is 5.87. The van der Waals surface area contributed by atoms with Gasteiger partial charge in [0.1, 0.15) is 12.4 Å². The van der Waals surface area contributed by atoms with E-state index in [1.54, 1.807) is 36.2 Å². The van der Waals surface area contributed by atoms with Crippen LogP contribution in [0, 0.1) is 0 Å². The molecule has 1 aliphatic heterocycles. The number of halogens is 1. The van der Waals surface area contributed by atoms with E-state index in [1.807, 2.05) is 6.07 Å². The maximum atomic E-state index is 12.8. The van der Waals surface area contributed by atoms with E-state index in [1.165, 1.54) is 22.8 Å². The van der Waals surface area contributed by atoms with E-state index in [-0.39, 0.29) is 12.2 Å². The molecule has 0 bridgehead atoms. The fourth-order valence-corrected chi connectivity index (χ4v) is 4.76. The first-order valence-electron chi connectivity index (χ1n) is 11.6. The molecule has 0 amide bonds. The van der Waals surface area contributed by atoms with Crippen LogP contribution < -0.4 is 10.3 Å². The van der Waals surface area contributed by atoms with Crippen molar-refractivity contribution >= 4 is 23.4 Å². The molecule has 0 unspecified atom stereocenters. The van der Waals surface area contributed by atoms with Gasteiger partial charge in [-0.05, 0) is 60.2 Å². The molecule has 1 aliphatic carbocycles. The van der Waals surface area contributed by atoms with E-state index in [0.717, 1.165) is 50.3 Å². The predicted octanol–water partition coefficient (Wildman–Crippen LogP) is 4.64. The molecule has 3 aromatic rings. The van der Waals surface area contributed by atoms with Gasteiger partial charge in [0.05, 0.1) is 16.8 Å². The van der Waals surface area contributed by atoms with Crippen molar-refractivity contribution in [1.82, 2.24) is 14.5 Å². The van der Waals surface area contributed by atoms with Crippen molar-refractivity contribution in [2.45, 2.75) is 38.5 Å². The van der Waals surface area contributed by atoms with Gasteiger partial charge in [0.15, 0.2) is 0 Å². The van der Waals surface area contributed by atoms with Crippen LogP contribution in [0.1, 0.15) is 35.2 Å². The lowest BCUT2D eigenvalue weighted by Gasteiger charge is -2.21. The third-order valence-corrected chi connectivity index (χ3v) is 6.75. The molecule has 7 heteroatoms. The number of hydrogen-bond donors (Lipinski definition) is 0. The highest BCUT2D eigenvalue weighted by molar-refractivity contribution is 6.30. The van der Waals surface area contributed by atoms with E-state index >= 15 is 0 Å². The zero-order valence-electron chi connectivity index (χ0n) is 19.2. The highest BCUT2D eigenvalue weighted by Gasteiger charge is 2.22. The first-order chi connectivity index (χ1) is 16.6. The van der Waals surface area contributed by atoms with Gasteiger partial charge in [0.25, 0.3) is 5.56 Å². The largest absolute Gasteiger partial charge is 0.487 e. The summed E-state index contributed by atoms with van der Waals surface area (Å²) in [6.45, 7) is 3.31. The van der Waals surface area contributed by atoms with Gasteiger partial charge >= 0.3 is 0 Å². The van der Waals surface area contributed by atoms with E-state index in [4.69, 9.17) is 21.1 Å². The Hall–Kier alpha value is -2.93. The SMILES string of the molecule is CO[C@H]1CCN(Cc2ccc3c(c2)CCC(n2ccc(OCc4ccc(Cl)cn4)cc2=O)=C3)C1. The summed E-state index contributed by atoms with van der Waals surface area (Å²) in [6, 6.07) is 13.6. The average molecular weight is 478 g/mol. The molecule has 1 aromatic carbocycles. The summed E-state index contributed by atoms with van der Waals surface area (Å²) < 4.78 is 12.9. The molecule has 3 heterocycles. The fourth-order valence-electron chi connectivity index (χ4n) is 4.65. The standard InChI is InChI=1S/C27H28ClN3O3/c1-33-26-8-10-30(17-26)16-19-2-3-21-13-24(7-4-20(21)12-19)31-11-9-25(14-27(31)32)34-18-23-6-5-22(28)15-29-23/h2-3,5-6,9,11-15,26H,4,7-8,10,16-18H2,1H3/t26-/m0/s1. The number of rotatable bonds is 7.